The van der Waals surface area contributed by atoms with E-state index in [1.54, 1.807) is 0 Å². The Labute approximate surface area is 138 Å². The van der Waals surface area contributed by atoms with Crippen molar-refractivity contribution in [2.24, 2.45) is 0 Å². The first kappa shape index (κ1) is 16.3. The molecule has 2 fully saturated rings. The number of β-amino-alcohol motifs (C(OH)–C–C–N with tert-alkyl or cyclic N) is 1. The van der Waals surface area contributed by atoms with Gasteiger partial charge >= 0.3 is 0 Å². The molecule has 3 rings (SSSR count). The lowest BCUT2D eigenvalue weighted by Gasteiger charge is -2.40. The van der Waals surface area contributed by atoms with Gasteiger partial charge in [0.05, 0.1) is 6.10 Å². The molecule has 0 aromatic heterocycles. The minimum absolute atomic E-state index is 0.440. The molecule has 4 heteroatoms. The molecule has 22 heavy (non-hydrogen) atoms. The third-order valence-electron chi connectivity index (χ3n) is 5.13. The number of aliphatic hydroxyl groups excluding tert-OH is 1. The predicted molar refractivity (Wildman–Crippen MR) is 91.3 cm³/mol. The van der Waals surface area contributed by atoms with Gasteiger partial charge in [0, 0.05) is 17.6 Å². The van der Waals surface area contributed by atoms with Crippen molar-refractivity contribution >= 4 is 11.6 Å². The van der Waals surface area contributed by atoms with Gasteiger partial charge in [-0.3, -0.25) is 0 Å². The average Bonchev–Trinajstić information content (AvgIpc) is 2.56. The first-order chi connectivity index (χ1) is 10.7. The van der Waals surface area contributed by atoms with Gasteiger partial charge in [-0.1, -0.05) is 30.2 Å². The summed E-state index contributed by atoms with van der Waals surface area (Å²) in [6, 6.07) is 8.34. The molecule has 0 aliphatic carbocycles. The van der Waals surface area contributed by atoms with Crippen LogP contribution < -0.4 is 0 Å². The van der Waals surface area contributed by atoms with E-state index >= 15 is 0 Å². The third-order valence-corrected chi connectivity index (χ3v) is 5.36. The second-order valence-corrected chi connectivity index (χ2v) is 7.14. The Morgan fingerprint density at radius 1 is 1.09 bits per heavy atom. The molecule has 2 aliphatic heterocycles. The SMILES string of the molecule is OC(CN1CCC(N2CCCCC2)CC1)c1cccc(Cl)c1. The van der Waals surface area contributed by atoms with Gasteiger partial charge in [0.25, 0.3) is 0 Å². The Morgan fingerprint density at radius 2 is 1.82 bits per heavy atom. The molecule has 1 N–H and O–H groups in total. The summed E-state index contributed by atoms with van der Waals surface area (Å²) in [4.78, 5) is 5.08. The normalized spacial score (nSPS) is 23.5. The van der Waals surface area contributed by atoms with Crippen LogP contribution in [0.3, 0.4) is 0 Å². The molecule has 3 nitrogen and oxygen atoms in total. The Kier molecular flexibility index (Phi) is 5.75. The topological polar surface area (TPSA) is 26.7 Å². The smallest absolute Gasteiger partial charge is 0.0917 e. The summed E-state index contributed by atoms with van der Waals surface area (Å²) >= 11 is 6.01. The molecule has 1 aromatic carbocycles. The van der Waals surface area contributed by atoms with Crippen LogP contribution in [0, 0.1) is 0 Å². The van der Waals surface area contributed by atoms with Crippen LogP contribution >= 0.6 is 11.6 Å². The van der Waals surface area contributed by atoms with Crippen molar-refractivity contribution in [1.29, 1.82) is 0 Å². The number of hydrogen-bond donors (Lipinski definition) is 1. The molecule has 122 valence electrons. The molecule has 0 saturated carbocycles. The molecular formula is C18H27ClN2O. The maximum atomic E-state index is 10.4. The van der Waals surface area contributed by atoms with Crippen LogP contribution in [0.25, 0.3) is 0 Å². The lowest BCUT2D eigenvalue weighted by atomic mass is 9.99. The summed E-state index contributed by atoms with van der Waals surface area (Å²) in [5, 5.41) is 11.1. The van der Waals surface area contributed by atoms with Crippen LogP contribution in [0.2, 0.25) is 5.02 Å². The van der Waals surface area contributed by atoms with E-state index in [0.29, 0.717) is 11.6 Å². The van der Waals surface area contributed by atoms with E-state index in [0.717, 1.165) is 24.7 Å². The molecule has 0 amide bonds. The van der Waals surface area contributed by atoms with Crippen LogP contribution in [0.15, 0.2) is 24.3 Å². The van der Waals surface area contributed by atoms with Crippen molar-refractivity contribution in [3.05, 3.63) is 34.9 Å². The number of likely N-dealkylation sites (tertiary alicyclic amines) is 2. The molecule has 1 aromatic rings. The minimum Gasteiger partial charge on any atom is -0.387 e. The first-order valence-corrected chi connectivity index (χ1v) is 9.00. The van der Waals surface area contributed by atoms with Crippen LogP contribution in [0.4, 0.5) is 0 Å². The van der Waals surface area contributed by atoms with Gasteiger partial charge in [0.1, 0.15) is 0 Å². The van der Waals surface area contributed by atoms with Gasteiger partial charge in [0.15, 0.2) is 0 Å². The molecule has 2 heterocycles. The lowest BCUT2D eigenvalue weighted by molar-refractivity contribution is 0.0601. The van der Waals surface area contributed by atoms with E-state index < -0.39 is 6.10 Å². The number of nitrogens with zero attached hydrogens (tertiary/aromatic N) is 2. The van der Waals surface area contributed by atoms with Gasteiger partial charge in [-0.2, -0.15) is 0 Å². The van der Waals surface area contributed by atoms with E-state index in [-0.39, 0.29) is 0 Å². The highest BCUT2D eigenvalue weighted by Crippen LogP contribution is 2.23. The molecule has 1 unspecified atom stereocenters. The van der Waals surface area contributed by atoms with Crippen molar-refractivity contribution < 1.29 is 5.11 Å². The van der Waals surface area contributed by atoms with Crippen molar-refractivity contribution in [3.63, 3.8) is 0 Å². The Bertz CT molecular complexity index is 468. The summed E-state index contributed by atoms with van der Waals surface area (Å²) < 4.78 is 0. The number of piperidine rings is 2. The van der Waals surface area contributed by atoms with E-state index in [1.165, 1.54) is 45.2 Å². The van der Waals surface area contributed by atoms with E-state index in [4.69, 9.17) is 11.6 Å². The highest BCUT2D eigenvalue weighted by atomic mass is 35.5. The van der Waals surface area contributed by atoms with Crippen LogP contribution in [-0.2, 0) is 0 Å². The fourth-order valence-corrected chi connectivity index (χ4v) is 4.01. The monoisotopic (exact) mass is 322 g/mol. The summed E-state index contributed by atoms with van der Waals surface area (Å²) in [5.74, 6) is 0. The minimum atomic E-state index is -0.440. The molecule has 0 bridgehead atoms. The Morgan fingerprint density at radius 3 is 2.50 bits per heavy atom. The Hall–Kier alpha value is -0.610. The average molecular weight is 323 g/mol. The highest BCUT2D eigenvalue weighted by Gasteiger charge is 2.26. The number of aliphatic hydroxyl groups is 1. The van der Waals surface area contributed by atoms with Gasteiger partial charge < -0.3 is 14.9 Å². The first-order valence-electron chi connectivity index (χ1n) is 8.62. The number of rotatable bonds is 4. The summed E-state index contributed by atoms with van der Waals surface area (Å²) in [6.07, 6.45) is 6.18. The van der Waals surface area contributed by atoms with Crippen LogP contribution in [0.5, 0.6) is 0 Å². The molecule has 1 atom stereocenters. The quantitative estimate of drug-likeness (QED) is 0.921. The molecule has 0 radical (unpaired) electrons. The van der Waals surface area contributed by atoms with Gasteiger partial charge in [0.2, 0.25) is 0 Å². The standard InChI is InChI=1S/C18H27ClN2O/c19-16-6-4-5-15(13-16)18(22)14-20-11-7-17(8-12-20)21-9-2-1-3-10-21/h4-6,13,17-18,22H,1-3,7-12,14H2. The maximum absolute atomic E-state index is 10.4. The van der Waals surface area contributed by atoms with E-state index in [9.17, 15) is 5.11 Å². The second-order valence-electron chi connectivity index (χ2n) is 6.70. The molecule has 0 spiro atoms. The number of benzene rings is 1. The van der Waals surface area contributed by atoms with Crippen molar-refractivity contribution in [2.45, 2.75) is 44.2 Å². The van der Waals surface area contributed by atoms with Crippen molar-refractivity contribution in [1.82, 2.24) is 9.80 Å². The highest BCUT2D eigenvalue weighted by molar-refractivity contribution is 6.30. The van der Waals surface area contributed by atoms with Crippen molar-refractivity contribution in [3.8, 4) is 0 Å². The Balaban J connectivity index is 1.47. The van der Waals surface area contributed by atoms with Gasteiger partial charge in [-0.05, 0) is 69.6 Å². The largest absolute Gasteiger partial charge is 0.387 e. The zero-order chi connectivity index (χ0) is 15.4. The maximum Gasteiger partial charge on any atom is 0.0917 e. The summed E-state index contributed by atoms with van der Waals surface area (Å²) in [7, 11) is 0. The molecule has 2 saturated heterocycles. The second kappa shape index (κ2) is 7.78. The number of hydrogen-bond acceptors (Lipinski definition) is 3. The van der Waals surface area contributed by atoms with Crippen molar-refractivity contribution in [2.75, 3.05) is 32.7 Å². The zero-order valence-corrected chi connectivity index (χ0v) is 14.0. The lowest BCUT2D eigenvalue weighted by Crippen LogP contribution is -2.47. The third kappa shape index (κ3) is 4.23. The van der Waals surface area contributed by atoms with Gasteiger partial charge in [-0.15, -0.1) is 0 Å². The molecule has 2 aliphatic rings. The van der Waals surface area contributed by atoms with Gasteiger partial charge in [-0.25, -0.2) is 0 Å². The fourth-order valence-electron chi connectivity index (χ4n) is 3.81. The van der Waals surface area contributed by atoms with Crippen LogP contribution in [0.1, 0.15) is 43.8 Å². The van der Waals surface area contributed by atoms with Crippen LogP contribution in [-0.4, -0.2) is 53.7 Å². The zero-order valence-electron chi connectivity index (χ0n) is 13.3. The fraction of sp³-hybridized carbons (Fsp3) is 0.667. The number of halogens is 1. The van der Waals surface area contributed by atoms with E-state index in [1.807, 2.05) is 24.3 Å². The predicted octanol–water partition coefficient (Wildman–Crippen LogP) is 3.32. The molecular weight excluding hydrogens is 296 g/mol. The summed E-state index contributed by atoms with van der Waals surface area (Å²) in [6.45, 7) is 5.48. The van der Waals surface area contributed by atoms with E-state index in [2.05, 4.69) is 9.80 Å². The summed E-state index contributed by atoms with van der Waals surface area (Å²) in [5.41, 5.74) is 0.922.